The lowest BCUT2D eigenvalue weighted by Crippen LogP contribution is -1.90. The standard InChI is InChI=1S/C26H17NS/c1-2-8-19-16-20(14-12-17(19)6-1)27-23-11-5-10-22-25-21-9-4-3-7-18(21)13-15-24(25)28-26(22)23/h1-16,27H. The molecule has 6 aromatic rings. The molecular weight excluding hydrogens is 358 g/mol. The van der Waals surface area contributed by atoms with E-state index in [9.17, 15) is 0 Å². The summed E-state index contributed by atoms with van der Waals surface area (Å²) in [6.07, 6.45) is 0. The molecule has 0 amide bonds. The molecule has 0 saturated carbocycles. The first-order chi connectivity index (χ1) is 13.9. The summed E-state index contributed by atoms with van der Waals surface area (Å²) in [5, 5.41) is 11.5. The van der Waals surface area contributed by atoms with Crippen LogP contribution in [0.2, 0.25) is 0 Å². The van der Waals surface area contributed by atoms with E-state index in [1.165, 1.54) is 41.7 Å². The number of benzene rings is 5. The lowest BCUT2D eigenvalue weighted by Gasteiger charge is -2.09. The number of hydrogen-bond acceptors (Lipinski definition) is 2. The van der Waals surface area contributed by atoms with E-state index in [4.69, 9.17) is 0 Å². The maximum atomic E-state index is 3.66. The molecule has 1 N–H and O–H groups in total. The summed E-state index contributed by atoms with van der Waals surface area (Å²) in [6, 6.07) is 34.7. The second-order valence-corrected chi connectivity index (χ2v) is 8.18. The molecule has 28 heavy (non-hydrogen) atoms. The molecule has 0 fully saturated rings. The monoisotopic (exact) mass is 375 g/mol. The van der Waals surface area contributed by atoms with Gasteiger partial charge in [-0.1, -0.05) is 72.8 Å². The quantitative estimate of drug-likeness (QED) is 0.322. The minimum Gasteiger partial charge on any atom is -0.354 e. The highest BCUT2D eigenvalue weighted by atomic mass is 32.1. The van der Waals surface area contributed by atoms with Crippen LogP contribution in [-0.4, -0.2) is 0 Å². The largest absolute Gasteiger partial charge is 0.354 e. The van der Waals surface area contributed by atoms with Crippen molar-refractivity contribution < 1.29 is 0 Å². The van der Waals surface area contributed by atoms with Gasteiger partial charge in [0.15, 0.2) is 0 Å². The van der Waals surface area contributed by atoms with Gasteiger partial charge in [-0.3, -0.25) is 0 Å². The lowest BCUT2D eigenvalue weighted by molar-refractivity contribution is 1.62. The molecule has 0 aliphatic rings. The summed E-state index contributed by atoms with van der Waals surface area (Å²) in [5.74, 6) is 0. The fraction of sp³-hybridized carbons (Fsp3) is 0. The Hall–Kier alpha value is -3.36. The van der Waals surface area contributed by atoms with Crippen molar-refractivity contribution in [2.75, 3.05) is 5.32 Å². The summed E-state index contributed by atoms with van der Waals surface area (Å²) in [6.45, 7) is 0. The van der Waals surface area contributed by atoms with Gasteiger partial charge in [0.25, 0.3) is 0 Å². The highest BCUT2D eigenvalue weighted by Crippen LogP contribution is 2.42. The highest BCUT2D eigenvalue weighted by molar-refractivity contribution is 7.26. The number of fused-ring (bicyclic) bond motifs is 6. The third kappa shape index (κ3) is 2.39. The van der Waals surface area contributed by atoms with Crippen molar-refractivity contribution in [2.45, 2.75) is 0 Å². The van der Waals surface area contributed by atoms with Gasteiger partial charge in [-0.2, -0.15) is 0 Å². The van der Waals surface area contributed by atoms with Crippen LogP contribution in [0, 0.1) is 0 Å². The molecule has 0 aliphatic heterocycles. The van der Waals surface area contributed by atoms with Crippen molar-refractivity contribution in [3.63, 3.8) is 0 Å². The predicted molar refractivity (Wildman–Crippen MR) is 124 cm³/mol. The van der Waals surface area contributed by atoms with Crippen LogP contribution in [0.15, 0.2) is 97.1 Å². The Morgan fingerprint density at radius 3 is 2.25 bits per heavy atom. The first kappa shape index (κ1) is 15.7. The van der Waals surface area contributed by atoms with Crippen LogP contribution in [-0.2, 0) is 0 Å². The van der Waals surface area contributed by atoms with E-state index in [2.05, 4.69) is 102 Å². The predicted octanol–water partition coefficient (Wildman–Crippen LogP) is 8.10. The number of nitrogens with one attached hydrogen (secondary N) is 1. The first-order valence-electron chi connectivity index (χ1n) is 9.46. The Labute approximate surface area is 166 Å². The minimum absolute atomic E-state index is 1.12. The van der Waals surface area contributed by atoms with Crippen molar-refractivity contribution >= 4 is 64.4 Å². The number of rotatable bonds is 2. The van der Waals surface area contributed by atoms with Crippen LogP contribution < -0.4 is 5.32 Å². The molecule has 0 saturated heterocycles. The molecule has 132 valence electrons. The third-order valence-electron chi connectivity index (χ3n) is 5.42. The van der Waals surface area contributed by atoms with Crippen LogP contribution in [0.25, 0.3) is 41.7 Å². The van der Waals surface area contributed by atoms with Gasteiger partial charge in [0.2, 0.25) is 0 Å². The second-order valence-electron chi connectivity index (χ2n) is 7.13. The Balaban J connectivity index is 1.55. The van der Waals surface area contributed by atoms with Gasteiger partial charge in [0.1, 0.15) is 0 Å². The van der Waals surface area contributed by atoms with Gasteiger partial charge < -0.3 is 5.32 Å². The highest BCUT2D eigenvalue weighted by Gasteiger charge is 2.11. The Bertz CT molecular complexity index is 1490. The number of thiophene rings is 1. The van der Waals surface area contributed by atoms with E-state index in [0.717, 1.165) is 11.4 Å². The molecule has 1 aromatic heterocycles. The van der Waals surface area contributed by atoms with Crippen LogP contribution in [0.1, 0.15) is 0 Å². The van der Waals surface area contributed by atoms with E-state index in [0.29, 0.717) is 0 Å². The Morgan fingerprint density at radius 2 is 1.32 bits per heavy atom. The molecule has 5 aromatic carbocycles. The van der Waals surface area contributed by atoms with E-state index in [1.54, 1.807) is 0 Å². The zero-order valence-electron chi connectivity index (χ0n) is 15.1. The smallest absolute Gasteiger partial charge is 0.0590 e. The molecule has 0 spiro atoms. The van der Waals surface area contributed by atoms with Gasteiger partial charge in [-0.25, -0.2) is 0 Å². The van der Waals surface area contributed by atoms with E-state index in [-0.39, 0.29) is 0 Å². The SMILES string of the molecule is c1ccc2cc(Nc3cccc4c3sc3ccc5ccccc5c34)ccc2c1. The summed E-state index contributed by atoms with van der Waals surface area (Å²) in [5.41, 5.74) is 2.28. The average Bonchev–Trinajstić information content (AvgIpc) is 3.14. The first-order valence-corrected chi connectivity index (χ1v) is 10.3. The van der Waals surface area contributed by atoms with Crippen LogP contribution >= 0.6 is 11.3 Å². The zero-order valence-corrected chi connectivity index (χ0v) is 16.0. The molecule has 2 heteroatoms. The fourth-order valence-corrected chi connectivity index (χ4v) is 5.28. The van der Waals surface area contributed by atoms with Crippen molar-refractivity contribution in [3.05, 3.63) is 97.1 Å². The maximum absolute atomic E-state index is 3.66. The zero-order chi connectivity index (χ0) is 18.5. The molecular formula is C26H17NS. The lowest BCUT2D eigenvalue weighted by atomic mass is 10.0. The van der Waals surface area contributed by atoms with Gasteiger partial charge in [0.05, 0.1) is 10.4 Å². The molecule has 1 nitrogen and oxygen atoms in total. The van der Waals surface area contributed by atoms with Crippen molar-refractivity contribution in [1.29, 1.82) is 0 Å². The van der Waals surface area contributed by atoms with Crippen LogP contribution in [0.5, 0.6) is 0 Å². The number of anilines is 2. The van der Waals surface area contributed by atoms with Gasteiger partial charge in [-0.15, -0.1) is 11.3 Å². The topological polar surface area (TPSA) is 12.0 Å². The van der Waals surface area contributed by atoms with Crippen molar-refractivity contribution in [1.82, 2.24) is 0 Å². The fourth-order valence-electron chi connectivity index (χ4n) is 4.09. The third-order valence-corrected chi connectivity index (χ3v) is 6.62. The molecule has 1 heterocycles. The van der Waals surface area contributed by atoms with Gasteiger partial charge in [-0.05, 0) is 45.8 Å². The van der Waals surface area contributed by atoms with E-state index < -0.39 is 0 Å². The van der Waals surface area contributed by atoms with Gasteiger partial charge >= 0.3 is 0 Å². The van der Waals surface area contributed by atoms with Crippen molar-refractivity contribution in [3.8, 4) is 0 Å². The maximum Gasteiger partial charge on any atom is 0.0590 e. The van der Waals surface area contributed by atoms with E-state index in [1.807, 2.05) is 11.3 Å². The Kier molecular flexibility index (Phi) is 3.40. The summed E-state index contributed by atoms with van der Waals surface area (Å²) in [7, 11) is 0. The average molecular weight is 375 g/mol. The van der Waals surface area contributed by atoms with Crippen LogP contribution in [0.3, 0.4) is 0 Å². The second kappa shape index (κ2) is 6.08. The minimum atomic E-state index is 1.12. The normalized spacial score (nSPS) is 11.6. The van der Waals surface area contributed by atoms with Gasteiger partial charge in [0, 0.05) is 21.2 Å². The summed E-state index contributed by atoms with van der Waals surface area (Å²) >= 11 is 1.86. The molecule has 0 atom stereocenters. The summed E-state index contributed by atoms with van der Waals surface area (Å²) < 4.78 is 2.64. The molecule has 6 rings (SSSR count). The molecule has 0 unspecified atom stereocenters. The molecule has 0 radical (unpaired) electrons. The Morgan fingerprint density at radius 1 is 0.571 bits per heavy atom. The number of hydrogen-bond donors (Lipinski definition) is 1. The van der Waals surface area contributed by atoms with E-state index >= 15 is 0 Å². The molecule has 0 bridgehead atoms. The van der Waals surface area contributed by atoms with Crippen molar-refractivity contribution in [2.24, 2.45) is 0 Å². The van der Waals surface area contributed by atoms with Crippen LogP contribution in [0.4, 0.5) is 11.4 Å². The summed E-state index contributed by atoms with van der Waals surface area (Å²) in [4.78, 5) is 0. The molecule has 0 aliphatic carbocycles.